The van der Waals surface area contributed by atoms with Gasteiger partial charge in [0.25, 0.3) is 11.8 Å². The number of amides is 2. The molecule has 59 heavy (non-hydrogen) atoms. The Morgan fingerprint density at radius 1 is 0.864 bits per heavy atom. The molecule has 0 unspecified atom stereocenters. The fraction of sp³-hybridized carbons (Fsp3) is 0.348. The monoisotopic (exact) mass is 799 g/mol. The van der Waals surface area contributed by atoms with Crippen LogP contribution in [0.4, 0.5) is 0 Å². The number of pyridine rings is 1. The number of benzene rings is 4. The summed E-state index contributed by atoms with van der Waals surface area (Å²) in [5, 5.41) is 27.5. The molecular formula is C46H49N5O8. The molecule has 1 aromatic heterocycles. The minimum Gasteiger partial charge on any atom is -0.506 e. The van der Waals surface area contributed by atoms with Gasteiger partial charge in [0, 0.05) is 55.3 Å². The van der Waals surface area contributed by atoms with Gasteiger partial charge in [0.05, 0.1) is 11.6 Å². The van der Waals surface area contributed by atoms with E-state index in [1.54, 1.807) is 53.4 Å². The Hall–Kier alpha value is -6.02. The quantitative estimate of drug-likeness (QED) is 0.0760. The summed E-state index contributed by atoms with van der Waals surface area (Å²) in [7, 11) is 0. The summed E-state index contributed by atoms with van der Waals surface area (Å²) in [6.07, 6.45) is 1.79. The van der Waals surface area contributed by atoms with Gasteiger partial charge in [-0.2, -0.15) is 0 Å². The van der Waals surface area contributed by atoms with Crippen LogP contribution in [0.25, 0.3) is 10.9 Å². The van der Waals surface area contributed by atoms with Crippen molar-refractivity contribution in [2.75, 3.05) is 52.4 Å². The molecule has 13 heteroatoms. The number of aromatic hydroxyl groups is 1. The lowest BCUT2D eigenvalue weighted by molar-refractivity contribution is -0.171. The Labute approximate surface area is 342 Å². The highest BCUT2D eigenvalue weighted by Crippen LogP contribution is 2.39. The van der Waals surface area contributed by atoms with Gasteiger partial charge in [-0.15, -0.1) is 0 Å². The molecule has 13 nitrogen and oxygen atoms in total. The molecule has 4 aliphatic heterocycles. The number of fused-ring (bicyclic) bond motifs is 4. The number of esters is 1. The molecule has 2 atom stereocenters. The third kappa shape index (κ3) is 8.73. The van der Waals surface area contributed by atoms with E-state index in [9.17, 15) is 29.4 Å². The first-order valence-corrected chi connectivity index (χ1v) is 20.3. The molecule has 0 saturated carbocycles. The molecule has 4 aromatic carbocycles. The van der Waals surface area contributed by atoms with Gasteiger partial charge in [0.2, 0.25) is 5.56 Å². The van der Waals surface area contributed by atoms with Gasteiger partial charge in [-0.3, -0.25) is 24.1 Å². The van der Waals surface area contributed by atoms with Crippen LogP contribution in [0.5, 0.6) is 11.5 Å². The number of hydrogen-bond donors (Lipinski definition) is 5. The maximum Gasteiger partial charge on any atom is 0.320 e. The molecule has 5 aromatic rings. The number of carbonyl (C=O) groups excluding carboxylic acids is 3. The van der Waals surface area contributed by atoms with E-state index >= 15 is 0 Å². The fourth-order valence-electron chi connectivity index (χ4n) is 8.44. The Morgan fingerprint density at radius 3 is 2.31 bits per heavy atom. The zero-order valence-electron chi connectivity index (χ0n) is 32.8. The van der Waals surface area contributed by atoms with E-state index in [0.29, 0.717) is 53.3 Å². The van der Waals surface area contributed by atoms with Crippen molar-refractivity contribution in [1.82, 2.24) is 25.4 Å². The van der Waals surface area contributed by atoms with E-state index in [1.807, 2.05) is 42.5 Å². The van der Waals surface area contributed by atoms with Crippen molar-refractivity contribution in [3.05, 3.63) is 141 Å². The predicted octanol–water partition coefficient (Wildman–Crippen LogP) is 4.29. The van der Waals surface area contributed by atoms with E-state index in [4.69, 9.17) is 9.47 Å². The van der Waals surface area contributed by atoms with Crippen molar-refractivity contribution in [1.29, 1.82) is 0 Å². The van der Waals surface area contributed by atoms with Crippen molar-refractivity contribution in [2.45, 2.75) is 43.5 Å². The number of nitrogens with zero attached hydrogens (tertiary/aromatic N) is 2. The van der Waals surface area contributed by atoms with E-state index in [2.05, 4.69) is 20.5 Å². The van der Waals surface area contributed by atoms with E-state index in [1.165, 1.54) is 12.1 Å². The van der Waals surface area contributed by atoms with Crippen LogP contribution in [-0.4, -0.2) is 101 Å². The highest BCUT2D eigenvalue weighted by Gasteiger charge is 2.55. The summed E-state index contributed by atoms with van der Waals surface area (Å²) in [4.78, 5) is 58.4. The maximum absolute atomic E-state index is 13.8. The average molecular weight is 800 g/mol. The molecule has 2 bridgehead atoms. The van der Waals surface area contributed by atoms with Crippen molar-refractivity contribution >= 4 is 28.7 Å². The van der Waals surface area contributed by atoms with Gasteiger partial charge in [-0.1, -0.05) is 48.5 Å². The molecule has 306 valence electrons. The zero-order valence-corrected chi connectivity index (χ0v) is 32.8. The number of phenols is 1. The Balaban J connectivity index is 0.762. The van der Waals surface area contributed by atoms with Crippen molar-refractivity contribution < 1.29 is 34.1 Å². The predicted molar refractivity (Wildman–Crippen MR) is 221 cm³/mol. The van der Waals surface area contributed by atoms with Gasteiger partial charge < -0.3 is 40.2 Å². The molecule has 0 spiro atoms. The molecule has 5 heterocycles. The van der Waals surface area contributed by atoms with Crippen LogP contribution in [-0.2, 0) is 21.6 Å². The number of nitrogens with one attached hydrogen (secondary N) is 3. The lowest BCUT2D eigenvalue weighted by Gasteiger charge is -2.50. The Morgan fingerprint density at radius 2 is 1.59 bits per heavy atom. The maximum atomic E-state index is 13.8. The minimum absolute atomic E-state index is 0.0619. The van der Waals surface area contributed by atoms with Crippen molar-refractivity contribution in [3.63, 3.8) is 0 Å². The van der Waals surface area contributed by atoms with Gasteiger partial charge in [0.1, 0.15) is 29.6 Å². The second-order valence-electron chi connectivity index (χ2n) is 15.8. The largest absolute Gasteiger partial charge is 0.506 e. The molecule has 0 aliphatic carbocycles. The lowest BCUT2D eigenvalue weighted by atomic mass is 9.73. The van der Waals surface area contributed by atoms with Crippen LogP contribution in [0.2, 0.25) is 0 Å². The minimum atomic E-state index is -0.884. The van der Waals surface area contributed by atoms with Crippen molar-refractivity contribution in [3.8, 4) is 11.5 Å². The summed E-state index contributed by atoms with van der Waals surface area (Å²) >= 11 is 0. The van der Waals surface area contributed by atoms with E-state index in [-0.39, 0.29) is 67.0 Å². The summed E-state index contributed by atoms with van der Waals surface area (Å²) < 4.78 is 12.2. The van der Waals surface area contributed by atoms with Crippen LogP contribution < -0.4 is 20.9 Å². The number of rotatable bonds is 15. The number of likely N-dealkylation sites (tertiary alicyclic amines) is 1. The average Bonchev–Trinajstić information content (AvgIpc) is 3.25. The Bertz CT molecular complexity index is 2340. The third-order valence-corrected chi connectivity index (χ3v) is 11.9. The third-order valence-electron chi connectivity index (χ3n) is 11.9. The summed E-state index contributed by atoms with van der Waals surface area (Å²) in [5.41, 5.74) is 2.42. The van der Waals surface area contributed by atoms with Crippen LogP contribution in [0.15, 0.2) is 108 Å². The number of aliphatic hydroxyl groups is 1. The van der Waals surface area contributed by atoms with Gasteiger partial charge in [0.15, 0.2) is 0 Å². The molecule has 4 saturated heterocycles. The molecule has 4 aliphatic rings. The lowest BCUT2D eigenvalue weighted by Crippen LogP contribution is -2.66. The van der Waals surface area contributed by atoms with Crippen molar-refractivity contribution in [2.24, 2.45) is 5.92 Å². The second-order valence-corrected chi connectivity index (χ2v) is 15.8. The first-order chi connectivity index (χ1) is 28.7. The summed E-state index contributed by atoms with van der Waals surface area (Å²) in [5.74, 6) is 0.346. The van der Waals surface area contributed by atoms with Crippen LogP contribution in [0.3, 0.4) is 0 Å². The fourth-order valence-corrected chi connectivity index (χ4v) is 8.44. The van der Waals surface area contributed by atoms with Crippen LogP contribution >= 0.6 is 0 Å². The molecule has 4 fully saturated rings. The molecule has 0 radical (unpaired) electrons. The molecular weight excluding hydrogens is 751 g/mol. The SMILES string of the molecule is O=C(NCCCNC[C@H](O)c1ccc(O)c2[nH]c(=O)ccc12)c1ccc(COc2ccc(C(=O)N3CC(C(=O)O[C@H]4CN5CCC4CC5)(c4ccccc4)C3)cc2)cc1. The van der Waals surface area contributed by atoms with Gasteiger partial charge in [-0.05, 0) is 110 Å². The van der Waals surface area contributed by atoms with Gasteiger partial charge >= 0.3 is 5.97 Å². The standard InChI is InChI=1S/C46H49N5O8/c52-38-17-15-36(37-16-18-41(54)49-42(37)38)39(53)25-47-21-4-22-48-43(55)32-9-7-30(8-10-32)27-58-35-13-11-33(12-14-35)44(56)51-28-46(29-51,34-5-2-1-3-6-34)45(57)59-40-26-50-23-19-31(40)20-24-50/h1-3,5-18,31,39-40,47,52-53H,4,19-29H2,(H,48,55)(H,49,54)/t39-,40-/m0/s1. The number of aromatic nitrogens is 1. The molecule has 9 rings (SSSR count). The summed E-state index contributed by atoms with van der Waals surface area (Å²) in [6.45, 7) is 4.96. The first kappa shape index (κ1) is 39.8. The Kier molecular flexibility index (Phi) is 11.8. The highest BCUT2D eigenvalue weighted by atomic mass is 16.5. The smallest absolute Gasteiger partial charge is 0.320 e. The number of phenolic OH excluding ortho intramolecular Hbond substituents is 1. The van der Waals surface area contributed by atoms with Gasteiger partial charge in [-0.25, -0.2) is 0 Å². The zero-order chi connectivity index (χ0) is 40.9. The van der Waals surface area contributed by atoms with E-state index < -0.39 is 11.5 Å². The number of piperidine rings is 3. The number of aromatic amines is 1. The second kappa shape index (κ2) is 17.5. The topological polar surface area (TPSA) is 174 Å². The molecule has 2 amide bonds. The normalized spacial score (nSPS) is 19.7. The first-order valence-electron chi connectivity index (χ1n) is 20.3. The number of H-pyrrole nitrogens is 1. The number of hydrogen-bond acceptors (Lipinski definition) is 10. The van der Waals surface area contributed by atoms with E-state index in [0.717, 1.165) is 43.6 Å². The number of ether oxygens (including phenoxy) is 2. The van der Waals surface area contributed by atoms with Crippen LogP contribution in [0.1, 0.15) is 62.8 Å². The summed E-state index contributed by atoms with van der Waals surface area (Å²) in [6, 6.07) is 29.8. The number of carbonyl (C=O) groups is 3. The highest BCUT2D eigenvalue weighted by molar-refractivity contribution is 5.98. The number of aliphatic hydroxyl groups excluding tert-OH is 1. The van der Waals surface area contributed by atoms with Crippen LogP contribution in [0, 0.1) is 5.92 Å². The molecule has 5 N–H and O–H groups in total.